The maximum Gasteiger partial charge on any atom is 0.258 e. The molecule has 3 aromatic rings. The summed E-state index contributed by atoms with van der Waals surface area (Å²) in [4.78, 5) is 29.9. The predicted molar refractivity (Wildman–Crippen MR) is 144 cm³/mol. The molecule has 2 amide bonds. The number of para-hydroxylation sites is 1. The molecule has 0 aliphatic carbocycles. The molecule has 7 heteroatoms. The van der Waals surface area contributed by atoms with Crippen molar-refractivity contribution >= 4 is 40.5 Å². The SMILES string of the molecule is CCN(CC(=O)Nc1ccc(C(=O)N2CCCC(NC)c3cc(Cl)ccc32)cc1)c1ccccc1. The molecule has 6 nitrogen and oxygen atoms in total. The standard InChI is InChI=1S/C28H31ClN4O2/c1-3-32(23-8-5-4-6-9-23)19-27(34)31-22-14-11-20(12-15-22)28(35)33-17-7-10-25(30-2)24-18-21(29)13-16-26(24)33/h4-6,8-9,11-16,18,25,30H,3,7,10,17,19H2,1-2H3,(H,31,34). The minimum absolute atomic E-state index is 0.0653. The van der Waals surface area contributed by atoms with Crippen molar-refractivity contribution in [2.45, 2.75) is 25.8 Å². The van der Waals surface area contributed by atoms with Crippen LogP contribution in [0.4, 0.5) is 17.1 Å². The van der Waals surface area contributed by atoms with Gasteiger partial charge in [-0.1, -0.05) is 29.8 Å². The van der Waals surface area contributed by atoms with E-state index in [0.29, 0.717) is 22.8 Å². The lowest BCUT2D eigenvalue weighted by Gasteiger charge is -2.24. The molecule has 182 valence electrons. The lowest BCUT2D eigenvalue weighted by atomic mass is 10.0. The van der Waals surface area contributed by atoms with Crippen LogP contribution in [0.3, 0.4) is 0 Å². The molecule has 1 aliphatic heterocycles. The summed E-state index contributed by atoms with van der Waals surface area (Å²) in [5.74, 6) is -0.171. The van der Waals surface area contributed by atoms with Gasteiger partial charge < -0.3 is 20.4 Å². The fraction of sp³-hybridized carbons (Fsp3) is 0.286. The van der Waals surface area contributed by atoms with Gasteiger partial charge in [0, 0.05) is 46.8 Å². The van der Waals surface area contributed by atoms with Gasteiger partial charge in [0.2, 0.25) is 5.91 Å². The third kappa shape index (κ3) is 5.84. The minimum Gasteiger partial charge on any atom is -0.362 e. The summed E-state index contributed by atoms with van der Waals surface area (Å²) in [5.41, 5.74) is 4.16. The topological polar surface area (TPSA) is 64.7 Å². The molecule has 0 saturated carbocycles. The molecule has 0 fully saturated rings. The summed E-state index contributed by atoms with van der Waals surface area (Å²) in [6.45, 7) is 3.63. The van der Waals surface area contributed by atoms with Crippen LogP contribution < -0.4 is 20.4 Å². The number of amides is 2. The molecule has 0 saturated heterocycles. The average Bonchev–Trinajstić information content (AvgIpc) is 3.06. The van der Waals surface area contributed by atoms with Crippen molar-refractivity contribution in [1.29, 1.82) is 0 Å². The maximum absolute atomic E-state index is 13.4. The van der Waals surface area contributed by atoms with E-state index in [1.165, 1.54) is 0 Å². The number of rotatable bonds is 7. The van der Waals surface area contributed by atoms with Gasteiger partial charge in [0.15, 0.2) is 0 Å². The summed E-state index contributed by atoms with van der Waals surface area (Å²) in [5, 5.41) is 6.94. The third-order valence-electron chi connectivity index (χ3n) is 6.38. The molecule has 1 atom stereocenters. The number of hydrogen-bond donors (Lipinski definition) is 2. The van der Waals surface area contributed by atoms with E-state index in [4.69, 9.17) is 11.6 Å². The summed E-state index contributed by atoms with van der Waals surface area (Å²) in [6.07, 6.45) is 1.81. The first kappa shape index (κ1) is 24.8. The first-order valence-electron chi connectivity index (χ1n) is 12.0. The van der Waals surface area contributed by atoms with Crippen LogP contribution in [0.1, 0.15) is 41.7 Å². The van der Waals surface area contributed by atoms with Crippen LogP contribution in [0.25, 0.3) is 0 Å². The first-order chi connectivity index (χ1) is 17.0. The number of halogens is 1. The lowest BCUT2D eigenvalue weighted by Crippen LogP contribution is -2.33. The second kappa shape index (κ2) is 11.4. The maximum atomic E-state index is 13.4. The van der Waals surface area contributed by atoms with Gasteiger partial charge in [-0.2, -0.15) is 0 Å². The summed E-state index contributed by atoms with van der Waals surface area (Å²) in [7, 11) is 1.93. The molecule has 4 rings (SSSR count). The Morgan fingerprint density at radius 1 is 1.06 bits per heavy atom. The smallest absolute Gasteiger partial charge is 0.258 e. The Hall–Kier alpha value is -3.35. The molecule has 35 heavy (non-hydrogen) atoms. The first-order valence-corrected chi connectivity index (χ1v) is 12.4. The Labute approximate surface area is 211 Å². The number of benzene rings is 3. The molecule has 3 aromatic carbocycles. The zero-order valence-electron chi connectivity index (χ0n) is 20.1. The van der Waals surface area contributed by atoms with E-state index in [1.807, 2.05) is 72.3 Å². The van der Waals surface area contributed by atoms with Crippen LogP contribution in [0.5, 0.6) is 0 Å². The fourth-order valence-electron chi connectivity index (χ4n) is 4.54. The van der Waals surface area contributed by atoms with Crippen LogP contribution in [-0.4, -0.2) is 38.5 Å². The van der Waals surface area contributed by atoms with Crippen LogP contribution in [-0.2, 0) is 4.79 Å². The zero-order chi connectivity index (χ0) is 24.8. The quantitative estimate of drug-likeness (QED) is 0.458. The molecule has 0 spiro atoms. The van der Waals surface area contributed by atoms with Gasteiger partial charge in [-0.3, -0.25) is 9.59 Å². The van der Waals surface area contributed by atoms with E-state index in [9.17, 15) is 9.59 Å². The van der Waals surface area contributed by atoms with Crippen molar-refractivity contribution in [3.63, 3.8) is 0 Å². The highest BCUT2D eigenvalue weighted by Crippen LogP contribution is 2.35. The van der Waals surface area contributed by atoms with Crippen molar-refractivity contribution in [2.24, 2.45) is 0 Å². The summed E-state index contributed by atoms with van der Waals surface area (Å²) >= 11 is 6.26. The highest BCUT2D eigenvalue weighted by Gasteiger charge is 2.26. The van der Waals surface area contributed by atoms with Crippen molar-refractivity contribution < 1.29 is 9.59 Å². The fourth-order valence-corrected chi connectivity index (χ4v) is 4.72. The third-order valence-corrected chi connectivity index (χ3v) is 6.61. The second-order valence-corrected chi connectivity index (χ2v) is 9.06. The zero-order valence-corrected chi connectivity index (χ0v) is 20.9. The number of nitrogens with zero attached hydrogens (tertiary/aromatic N) is 2. The van der Waals surface area contributed by atoms with Crippen LogP contribution >= 0.6 is 11.6 Å². The van der Waals surface area contributed by atoms with E-state index in [-0.39, 0.29) is 24.4 Å². The van der Waals surface area contributed by atoms with Crippen molar-refractivity contribution in [3.05, 3.63) is 88.9 Å². The number of likely N-dealkylation sites (N-methyl/N-ethyl adjacent to an activating group) is 1. The van der Waals surface area contributed by atoms with E-state index < -0.39 is 0 Å². The van der Waals surface area contributed by atoms with Gasteiger partial charge in [0.25, 0.3) is 5.91 Å². The van der Waals surface area contributed by atoms with Crippen molar-refractivity contribution in [3.8, 4) is 0 Å². The molecule has 0 radical (unpaired) electrons. The summed E-state index contributed by atoms with van der Waals surface area (Å²) < 4.78 is 0. The highest BCUT2D eigenvalue weighted by atomic mass is 35.5. The van der Waals surface area contributed by atoms with Gasteiger partial charge in [-0.15, -0.1) is 0 Å². The van der Waals surface area contributed by atoms with Crippen LogP contribution in [0.2, 0.25) is 5.02 Å². The molecular weight excluding hydrogens is 460 g/mol. The van der Waals surface area contributed by atoms with Crippen molar-refractivity contribution in [2.75, 3.05) is 41.8 Å². The van der Waals surface area contributed by atoms with E-state index in [2.05, 4.69) is 10.6 Å². The molecule has 2 N–H and O–H groups in total. The number of anilines is 3. The Morgan fingerprint density at radius 2 is 1.80 bits per heavy atom. The second-order valence-electron chi connectivity index (χ2n) is 8.62. The van der Waals surface area contributed by atoms with E-state index in [0.717, 1.165) is 36.3 Å². The number of carbonyl (C=O) groups excluding carboxylic acids is 2. The van der Waals surface area contributed by atoms with Crippen LogP contribution in [0.15, 0.2) is 72.8 Å². The molecule has 1 heterocycles. The lowest BCUT2D eigenvalue weighted by molar-refractivity contribution is -0.115. The highest BCUT2D eigenvalue weighted by molar-refractivity contribution is 6.30. The number of hydrogen-bond acceptors (Lipinski definition) is 4. The monoisotopic (exact) mass is 490 g/mol. The minimum atomic E-state index is -0.105. The Morgan fingerprint density at radius 3 is 2.49 bits per heavy atom. The van der Waals surface area contributed by atoms with Gasteiger partial charge in [0.1, 0.15) is 0 Å². The molecule has 1 aliphatic rings. The van der Waals surface area contributed by atoms with Crippen molar-refractivity contribution in [1.82, 2.24) is 5.32 Å². The van der Waals surface area contributed by atoms with Gasteiger partial charge in [0.05, 0.1) is 6.54 Å². The van der Waals surface area contributed by atoms with Gasteiger partial charge in [-0.05, 0) is 87.0 Å². The molecule has 1 unspecified atom stereocenters. The Balaban J connectivity index is 1.46. The van der Waals surface area contributed by atoms with E-state index >= 15 is 0 Å². The average molecular weight is 491 g/mol. The predicted octanol–water partition coefficient (Wildman–Crippen LogP) is 5.51. The largest absolute Gasteiger partial charge is 0.362 e. The van der Waals surface area contributed by atoms with E-state index in [1.54, 1.807) is 24.3 Å². The Kier molecular flexibility index (Phi) is 8.06. The molecule has 0 aromatic heterocycles. The molecule has 0 bridgehead atoms. The number of fused-ring (bicyclic) bond motifs is 1. The van der Waals surface area contributed by atoms with Gasteiger partial charge in [-0.25, -0.2) is 0 Å². The van der Waals surface area contributed by atoms with Gasteiger partial charge >= 0.3 is 0 Å². The normalized spacial score (nSPS) is 15.2. The summed E-state index contributed by atoms with van der Waals surface area (Å²) in [6, 6.07) is 22.8. The van der Waals surface area contributed by atoms with Crippen LogP contribution in [0, 0.1) is 0 Å². The number of nitrogens with one attached hydrogen (secondary N) is 2. The number of carbonyl (C=O) groups is 2. The molecular formula is C28H31ClN4O2. The Bertz CT molecular complexity index is 1170.